The summed E-state index contributed by atoms with van der Waals surface area (Å²) in [7, 11) is 0. The van der Waals surface area contributed by atoms with Gasteiger partial charge in [0, 0.05) is 18.3 Å². The van der Waals surface area contributed by atoms with Gasteiger partial charge in [0.25, 0.3) is 0 Å². The second-order valence-electron chi connectivity index (χ2n) is 6.58. The van der Waals surface area contributed by atoms with Crippen molar-refractivity contribution in [3.63, 3.8) is 0 Å². The minimum absolute atomic E-state index is 0.0894. The quantitative estimate of drug-likeness (QED) is 0.720. The number of aryl methyl sites for hydroxylation is 1. The highest BCUT2D eigenvalue weighted by molar-refractivity contribution is 5.43. The third-order valence-corrected chi connectivity index (χ3v) is 4.57. The van der Waals surface area contributed by atoms with Crippen molar-refractivity contribution in [2.75, 3.05) is 17.2 Å². The summed E-state index contributed by atoms with van der Waals surface area (Å²) in [6.07, 6.45) is 0.782. The highest BCUT2D eigenvalue weighted by atomic mass is 15.3. The lowest BCUT2D eigenvalue weighted by atomic mass is 10.1. The van der Waals surface area contributed by atoms with Crippen LogP contribution in [0.15, 0.2) is 60.7 Å². The van der Waals surface area contributed by atoms with Crippen molar-refractivity contribution in [2.45, 2.75) is 26.3 Å². The zero-order chi connectivity index (χ0) is 19.2. The van der Waals surface area contributed by atoms with Gasteiger partial charge in [-0.1, -0.05) is 42.5 Å². The molecule has 1 aromatic heterocycles. The Balaban J connectivity index is 1.90. The molecule has 0 spiro atoms. The summed E-state index contributed by atoms with van der Waals surface area (Å²) in [5, 5.41) is 9.12. The van der Waals surface area contributed by atoms with Crippen LogP contribution >= 0.6 is 0 Å². The highest BCUT2D eigenvalue weighted by Gasteiger charge is 2.19. The third kappa shape index (κ3) is 4.62. The van der Waals surface area contributed by atoms with Gasteiger partial charge in [0.05, 0.1) is 17.7 Å². The molecule has 27 heavy (non-hydrogen) atoms. The van der Waals surface area contributed by atoms with E-state index in [1.54, 1.807) is 6.07 Å². The molecule has 2 aromatic carbocycles. The second-order valence-corrected chi connectivity index (χ2v) is 6.58. The molecule has 0 amide bonds. The van der Waals surface area contributed by atoms with Crippen LogP contribution in [0.4, 0.5) is 11.8 Å². The SMILES string of the molecule is Cc1cc(N)nc(N(CCc2cccc(C#N)c2)[C@@H](C)c2ccccc2)n1. The zero-order valence-electron chi connectivity index (χ0n) is 15.6. The van der Waals surface area contributed by atoms with Crippen molar-refractivity contribution in [3.05, 3.63) is 83.0 Å². The van der Waals surface area contributed by atoms with Gasteiger partial charge in [-0.15, -0.1) is 0 Å². The number of nitrogen functional groups attached to an aromatic ring is 1. The molecule has 136 valence electrons. The zero-order valence-corrected chi connectivity index (χ0v) is 15.6. The van der Waals surface area contributed by atoms with Gasteiger partial charge in [0.15, 0.2) is 0 Å². The summed E-state index contributed by atoms with van der Waals surface area (Å²) in [5.74, 6) is 1.09. The Morgan fingerprint density at radius 2 is 1.85 bits per heavy atom. The van der Waals surface area contributed by atoms with E-state index in [0.29, 0.717) is 23.9 Å². The first-order chi connectivity index (χ1) is 13.1. The number of benzene rings is 2. The Morgan fingerprint density at radius 1 is 1.07 bits per heavy atom. The molecule has 0 unspecified atom stereocenters. The first-order valence-corrected chi connectivity index (χ1v) is 8.98. The molecule has 0 fully saturated rings. The lowest BCUT2D eigenvalue weighted by Crippen LogP contribution is -2.31. The fraction of sp³-hybridized carbons (Fsp3) is 0.227. The fourth-order valence-electron chi connectivity index (χ4n) is 3.13. The first kappa shape index (κ1) is 18.4. The molecule has 0 radical (unpaired) electrons. The van der Waals surface area contributed by atoms with Gasteiger partial charge in [-0.25, -0.2) is 4.98 Å². The average molecular weight is 357 g/mol. The lowest BCUT2D eigenvalue weighted by molar-refractivity contribution is 0.646. The van der Waals surface area contributed by atoms with E-state index in [2.05, 4.69) is 40.0 Å². The molecule has 1 atom stereocenters. The molecule has 1 heterocycles. The number of anilines is 2. The van der Waals surface area contributed by atoms with Crippen molar-refractivity contribution < 1.29 is 0 Å². The van der Waals surface area contributed by atoms with Crippen LogP contribution in [0.2, 0.25) is 0 Å². The number of hydrogen-bond donors (Lipinski definition) is 1. The molecule has 0 aliphatic rings. The molecular weight excluding hydrogens is 334 g/mol. The van der Waals surface area contributed by atoms with E-state index in [1.807, 2.05) is 49.4 Å². The van der Waals surface area contributed by atoms with Gasteiger partial charge >= 0.3 is 0 Å². The topological polar surface area (TPSA) is 78.8 Å². The Hall–Kier alpha value is -3.39. The van der Waals surface area contributed by atoms with Gasteiger partial charge in [0.1, 0.15) is 5.82 Å². The monoisotopic (exact) mass is 357 g/mol. The summed E-state index contributed by atoms with van der Waals surface area (Å²) in [4.78, 5) is 11.2. The number of nitrogens with two attached hydrogens (primary N) is 1. The average Bonchev–Trinajstić information content (AvgIpc) is 2.68. The van der Waals surface area contributed by atoms with Gasteiger partial charge in [-0.05, 0) is 43.5 Å². The van der Waals surface area contributed by atoms with Crippen LogP contribution in [-0.4, -0.2) is 16.5 Å². The van der Waals surface area contributed by atoms with Gasteiger partial charge in [-0.2, -0.15) is 10.2 Å². The van der Waals surface area contributed by atoms with E-state index in [-0.39, 0.29) is 6.04 Å². The Kier molecular flexibility index (Phi) is 5.68. The number of nitriles is 1. The van der Waals surface area contributed by atoms with Crippen molar-refractivity contribution in [1.29, 1.82) is 5.26 Å². The van der Waals surface area contributed by atoms with Crippen molar-refractivity contribution in [2.24, 2.45) is 0 Å². The normalized spacial score (nSPS) is 11.6. The molecule has 5 heteroatoms. The summed E-state index contributed by atoms with van der Waals surface area (Å²) in [5.41, 5.74) is 9.78. The summed E-state index contributed by atoms with van der Waals surface area (Å²) in [6.45, 7) is 4.78. The van der Waals surface area contributed by atoms with Crippen LogP contribution in [0.25, 0.3) is 0 Å². The van der Waals surface area contributed by atoms with E-state index in [9.17, 15) is 0 Å². The summed E-state index contributed by atoms with van der Waals surface area (Å²) >= 11 is 0. The molecule has 0 aliphatic heterocycles. The molecule has 0 saturated carbocycles. The van der Waals surface area contributed by atoms with Crippen LogP contribution < -0.4 is 10.6 Å². The van der Waals surface area contributed by atoms with Gasteiger partial charge in [-0.3, -0.25) is 0 Å². The maximum Gasteiger partial charge on any atom is 0.228 e. The number of rotatable bonds is 6. The van der Waals surface area contributed by atoms with E-state index in [1.165, 1.54) is 5.56 Å². The summed E-state index contributed by atoms with van der Waals surface area (Å²) in [6, 6.07) is 22.0. The van der Waals surface area contributed by atoms with Crippen LogP contribution in [0, 0.1) is 18.3 Å². The molecule has 3 aromatic rings. The van der Waals surface area contributed by atoms with Crippen LogP contribution in [0.1, 0.15) is 35.3 Å². The van der Waals surface area contributed by atoms with Crippen molar-refractivity contribution in [1.82, 2.24) is 9.97 Å². The molecule has 0 saturated heterocycles. The third-order valence-electron chi connectivity index (χ3n) is 4.57. The minimum Gasteiger partial charge on any atom is -0.384 e. The van der Waals surface area contributed by atoms with Crippen molar-refractivity contribution in [3.8, 4) is 6.07 Å². The maximum absolute atomic E-state index is 9.12. The molecule has 0 bridgehead atoms. The highest BCUT2D eigenvalue weighted by Crippen LogP contribution is 2.25. The fourth-order valence-corrected chi connectivity index (χ4v) is 3.13. The lowest BCUT2D eigenvalue weighted by Gasteiger charge is -2.30. The van der Waals surface area contributed by atoms with E-state index >= 15 is 0 Å². The van der Waals surface area contributed by atoms with Crippen molar-refractivity contribution >= 4 is 11.8 Å². The van der Waals surface area contributed by atoms with Gasteiger partial charge < -0.3 is 10.6 Å². The summed E-state index contributed by atoms with van der Waals surface area (Å²) < 4.78 is 0. The molecule has 0 aliphatic carbocycles. The van der Waals surface area contributed by atoms with Crippen LogP contribution in [0.5, 0.6) is 0 Å². The van der Waals surface area contributed by atoms with E-state index < -0.39 is 0 Å². The smallest absolute Gasteiger partial charge is 0.228 e. The number of nitrogens with zero attached hydrogens (tertiary/aromatic N) is 4. The predicted octanol–water partition coefficient (Wildman–Crippen LogP) is 4.05. The molecular formula is C22H23N5. The minimum atomic E-state index is 0.0894. The largest absolute Gasteiger partial charge is 0.384 e. The molecule has 2 N–H and O–H groups in total. The molecule has 3 rings (SSSR count). The standard InChI is InChI=1S/C22H23N5/c1-16-13-21(24)26-22(25-16)27(17(2)20-9-4-3-5-10-20)12-11-18-7-6-8-19(14-18)15-23/h3-10,13-14,17H,11-12H2,1-2H3,(H2,24,25,26)/t17-/m0/s1. The van der Waals surface area contributed by atoms with Crippen LogP contribution in [-0.2, 0) is 6.42 Å². The molecule has 5 nitrogen and oxygen atoms in total. The van der Waals surface area contributed by atoms with Gasteiger partial charge in [0.2, 0.25) is 5.95 Å². The maximum atomic E-state index is 9.12. The first-order valence-electron chi connectivity index (χ1n) is 8.98. The Labute approximate surface area is 160 Å². The number of aromatic nitrogens is 2. The van der Waals surface area contributed by atoms with Crippen LogP contribution in [0.3, 0.4) is 0 Å². The Bertz CT molecular complexity index is 926. The van der Waals surface area contributed by atoms with E-state index in [4.69, 9.17) is 11.0 Å². The number of hydrogen-bond acceptors (Lipinski definition) is 5. The van der Waals surface area contributed by atoms with E-state index in [0.717, 1.165) is 17.7 Å². The Morgan fingerprint density at radius 3 is 2.56 bits per heavy atom. The second kappa shape index (κ2) is 8.33. The predicted molar refractivity (Wildman–Crippen MR) is 108 cm³/mol.